The SMILES string of the molecule is CCNC(=NCCCCN1C(=O)c2ccccc2C1=O)NCCc1ccc(F)cc1. The quantitative estimate of drug-likeness (QED) is 0.289. The molecule has 7 heteroatoms. The van der Waals surface area contributed by atoms with Crippen LogP contribution in [0.1, 0.15) is 46.0 Å². The predicted octanol–water partition coefficient (Wildman–Crippen LogP) is 3.00. The van der Waals surface area contributed by atoms with Crippen LogP contribution in [-0.4, -0.2) is 48.9 Å². The summed E-state index contributed by atoms with van der Waals surface area (Å²) in [4.78, 5) is 30.6. The molecule has 3 rings (SSSR count). The number of nitrogens with one attached hydrogen (secondary N) is 2. The number of fused-ring (bicyclic) bond motifs is 1. The smallest absolute Gasteiger partial charge is 0.261 e. The van der Waals surface area contributed by atoms with Crippen molar-refractivity contribution < 1.29 is 14.0 Å². The number of carbonyl (C=O) groups is 2. The Kier molecular flexibility index (Phi) is 7.54. The van der Waals surface area contributed by atoms with Gasteiger partial charge in [-0.2, -0.15) is 0 Å². The van der Waals surface area contributed by atoms with Crippen LogP contribution >= 0.6 is 0 Å². The Morgan fingerprint density at radius 2 is 1.63 bits per heavy atom. The monoisotopic (exact) mass is 410 g/mol. The molecule has 0 spiro atoms. The zero-order valence-electron chi connectivity index (χ0n) is 17.2. The van der Waals surface area contributed by atoms with Crippen LogP contribution in [0.5, 0.6) is 0 Å². The number of aliphatic imine (C=N–C) groups is 1. The molecule has 30 heavy (non-hydrogen) atoms. The first-order chi connectivity index (χ1) is 14.6. The maximum Gasteiger partial charge on any atom is 0.261 e. The van der Waals surface area contributed by atoms with Gasteiger partial charge >= 0.3 is 0 Å². The second kappa shape index (κ2) is 10.5. The molecule has 0 saturated heterocycles. The van der Waals surface area contributed by atoms with Crippen molar-refractivity contribution in [2.75, 3.05) is 26.2 Å². The molecule has 0 saturated carbocycles. The minimum Gasteiger partial charge on any atom is -0.357 e. The Morgan fingerprint density at radius 1 is 0.967 bits per heavy atom. The second-order valence-corrected chi connectivity index (χ2v) is 7.08. The maximum absolute atomic E-state index is 13.0. The zero-order chi connectivity index (χ0) is 21.3. The van der Waals surface area contributed by atoms with Crippen LogP contribution in [0.15, 0.2) is 53.5 Å². The predicted molar refractivity (Wildman–Crippen MR) is 115 cm³/mol. The lowest BCUT2D eigenvalue weighted by atomic mass is 10.1. The standard InChI is InChI=1S/C23H27FN4O2/c1-2-25-23(27-15-13-17-9-11-18(24)12-10-17)26-14-5-6-16-28-21(29)19-7-3-4-8-20(19)22(28)30/h3-4,7-12H,2,5-6,13-16H2,1H3,(H2,25,26,27). The Labute approximate surface area is 176 Å². The number of benzene rings is 2. The summed E-state index contributed by atoms with van der Waals surface area (Å²) in [5.74, 6) is 0.0629. The van der Waals surface area contributed by atoms with Crippen molar-refractivity contribution >= 4 is 17.8 Å². The first-order valence-corrected chi connectivity index (χ1v) is 10.3. The molecule has 0 aromatic heterocycles. The Hall–Kier alpha value is -3.22. The molecule has 0 aliphatic carbocycles. The minimum absolute atomic E-state index is 0.213. The Bertz CT molecular complexity index is 877. The average Bonchev–Trinajstić information content (AvgIpc) is 3.00. The highest BCUT2D eigenvalue weighted by atomic mass is 19.1. The van der Waals surface area contributed by atoms with Crippen molar-refractivity contribution in [2.45, 2.75) is 26.2 Å². The number of hydrogen-bond donors (Lipinski definition) is 2. The van der Waals surface area contributed by atoms with Gasteiger partial charge in [0.05, 0.1) is 11.1 Å². The first kappa shape index (κ1) is 21.5. The number of halogens is 1. The molecule has 0 radical (unpaired) electrons. The summed E-state index contributed by atoms with van der Waals surface area (Å²) >= 11 is 0. The number of guanidine groups is 1. The van der Waals surface area contributed by atoms with E-state index in [1.54, 1.807) is 36.4 Å². The average molecular weight is 410 g/mol. The number of imide groups is 1. The molecular formula is C23H27FN4O2. The maximum atomic E-state index is 13.0. The van der Waals surface area contributed by atoms with Crippen LogP contribution in [-0.2, 0) is 6.42 Å². The molecule has 158 valence electrons. The van der Waals surface area contributed by atoms with Crippen LogP contribution in [0, 0.1) is 5.82 Å². The van der Waals surface area contributed by atoms with Crippen LogP contribution in [0.3, 0.4) is 0 Å². The highest BCUT2D eigenvalue weighted by Crippen LogP contribution is 2.22. The van der Waals surface area contributed by atoms with Crippen LogP contribution < -0.4 is 10.6 Å². The van der Waals surface area contributed by atoms with Crippen molar-refractivity contribution in [1.82, 2.24) is 15.5 Å². The summed E-state index contributed by atoms with van der Waals surface area (Å²) in [6.45, 7) is 4.43. The summed E-state index contributed by atoms with van der Waals surface area (Å²) < 4.78 is 13.0. The number of unbranched alkanes of at least 4 members (excludes halogenated alkanes) is 1. The van der Waals surface area contributed by atoms with E-state index in [0.29, 0.717) is 37.2 Å². The lowest BCUT2D eigenvalue weighted by molar-refractivity contribution is 0.0652. The van der Waals surface area contributed by atoms with Crippen LogP contribution in [0.2, 0.25) is 0 Å². The van der Waals surface area contributed by atoms with Gasteiger partial charge in [-0.25, -0.2) is 4.39 Å². The normalized spacial score (nSPS) is 13.5. The van der Waals surface area contributed by atoms with Gasteiger partial charge in [0.15, 0.2) is 5.96 Å². The number of nitrogens with zero attached hydrogens (tertiary/aromatic N) is 2. The third-order valence-electron chi connectivity index (χ3n) is 4.90. The molecule has 1 aliphatic rings. The van der Waals surface area contributed by atoms with E-state index in [1.165, 1.54) is 17.0 Å². The number of carbonyl (C=O) groups excluding carboxylic acids is 2. The highest BCUT2D eigenvalue weighted by Gasteiger charge is 2.34. The molecule has 2 amide bonds. The third kappa shape index (κ3) is 5.43. The van der Waals surface area contributed by atoms with Gasteiger partial charge in [-0.3, -0.25) is 19.5 Å². The number of amides is 2. The molecule has 2 aromatic carbocycles. The van der Waals surface area contributed by atoms with Crippen molar-refractivity contribution in [3.05, 3.63) is 71.0 Å². The minimum atomic E-state index is -0.233. The Balaban J connectivity index is 1.41. The lowest BCUT2D eigenvalue weighted by Gasteiger charge is -2.13. The summed E-state index contributed by atoms with van der Waals surface area (Å²) in [6, 6.07) is 13.4. The van der Waals surface area contributed by atoms with Gasteiger partial charge < -0.3 is 10.6 Å². The number of hydrogen-bond acceptors (Lipinski definition) is 3. The molecule has 1 aliphatic heterocycles. The van der Waals surface area contributed by atoms with Crippen LogP contribution in [0.4, 0.5) is 4.39 Å². The lowest BCUT2D eigenvalue weighted by Crippen LogP contribution is -2.38. The molecule has 2 aromatic rings. The van der Waals surface area contributed by atoms with E-state index in [1.807, 2.05) is 6.92 Å². The van der Waals surface area contributed by atoms with Crippen LogP contribution in [0.25, 0.3) is 0 Å². The molecule has 0 atom stereocenters. The largest absolute Gasteiger partial charge is 0.357 e. The van der Waals surface area contributed by atoms with E-state index >= 15 is 0 Å². The molecular weight excluding hydrogens is 383 g/mol. The van der Waals surface area contributed by atoms with Crippen molar-refractivity contribution in [3.63, 3.8) is 0 Å². The third-order valence-corrected chi connectivity index (χ3v) is 4.90. The van der Waals surface area contributed by atoms with Crippen molar-refractivity contribution in [3.8, 4) is 0 Å². The van der Waals surface area contributed by atoms with Gasteiger partial charge in [-0.15, -0.1) is 0 Å². The first-order valence-electron chi connectivity index (χ1n) is 10.3. The van der Waals surface area contributed by atoms with Crippen molar-refractivity contribution in [2.24, 2.45) is 4.99 Å². The molecule has 2 N–H and O–H groups in total. The topological polar surface area (TPSA) is 73.8 Å². The molecule has 0 fully saturated rings. The fourth-order valence-electron chi connectivity index (χ4n) is 3.33. The molecule has 0 bridgehead atoms. The van der Waals surface area contributed by atoms with Gasteiger partial charge in [0.2, 0.25) is 0 Å². The summed E-state index contributed by atoms with van der Waals surface area (Å²) in [7, 11) is 0. The second-order valence-electron chi connectivity index (χ2n) is 7.08. The molecule has 0 unspecified atom stereocenters. The Morgan fingerprint density at radius 3 is 2.27 bits per heavy atom. The fraction of sp³-hybridized carbons (Fsp3) is 0.348. The molecule has 1 heterocycles. The van der Waals surface area contributed by atoms with E-state index < -0.39 is 0 Å². The summed E-state index contributed by atoms with van der Waals surface area (Å²) in [5, 5.41) is 6.46. The van der Waals surface area contributed by atoms with E-state index in [2.05, 4.69) is 15.6 Å². The van der Waals surface area contributed by atoms with Crippen molar-refractivity contribution in [1.29, 1.82) is 0 Å². The van der Waals surface area contributed by atoms with Gasteiger partial charge in [-0.1, -0.05) is 24.3 Å². The fourth-order valence-corrected chi connectivity index (χ4v) is 3.33. The zero-order valence-corrected chi connectivity index (χ0v) is 17.2. The van der Waals surface area contributed by atoms with E-state index in [-0.39, 0.29) is 17.6 Å². The highest BCUT2D eigenvalue weighted by molar-refractivity contribution is 6.21. The van der Waals surface area contributed by atoms with Gasteiger partial charge in [-0.05, 0) is 56.0 Å². The number of rotatable bonds is 9. The summed E-state index contributed by atoms with van der Waals surface area (Å²) in [6.07, 6.45) is 2.23. The van der Waals surface area contributed by atoms with E-state index in [4.69, 9.17) is 0 Å². The van der Waals surface area contributed by atoms with E-state index in [9.17, 15) is 14.0 Å². The van der Waals surface area contributed by atoms with E-state index in [0.717, 1.165) is 30.9 Å². The molecule has 6 nitrogen and oxygen atoms in total. The summed E-state index contributed by atoms with van der Waals surface area (Å²) in [5.41, 5.74) is 2.03. The van der Waals surface area contributed by atoms with Gasteiger partial charge in [0.1, 0.15) is 5.82 Å². The van der Waals surface area contributed by atoms with Gasteiger partial charge in [0.25, 0.3) is 11.8 Å². The van der Waals surface area contributed by atoms with Gasteiger partial charge in [0, 0.05) is 26.2 Å².